The largest absolute Gasteiger partial charge is 0.493 e. The second-order valence-corrected chi connectivity index (χ2v) is 6.07. The third-order valence-corrected chi connectivity index (χ3v) is 4.12. The zero-order chi connectivity index (χ0) is 17.8. The van der Waals surface area contributed by atoms with Crippen molar-refractivity contribution in [3.05, 3.63) is 42.0 Å². The highest BCUT2D eigenvalue weighted by Crippen LogP contribution is 2.35. The van der Waals surface area contributed by atoms with Crippen LogP contribution in [0.4, 0.5) is 11.5 Å². The van der Waals surface area contributed by atoms with Crippen LogP contribution < -0.4 is 14.8 Å². The quantitative estimate of drug-likeness (QED) is 0.657. The van der Waals surface area contributed by atoms with E-state index in [2.05, 4.69) is 20.7 Å². The fraction of sp³-hybridized carbons (Fsp3) is 0.278. The Morgan fingerprint density at radius 2 is 1.88 bits per heavy atom. The first kappa shape index (κ1) is 17.2. The van der Waals surface area contributed by atoms with E-state index >= 15 is 0 Å². The number of rotatable bonds is 6. The van der Waals surface area contributed by atoms with Gasteiger partial charge in [-0.25, -0.2) is 0 Å². The molecule has 0 fully saturated rings. The number of methoxy groups -OCH3 is 1. The van der Waals surface area contributed by atoms with Crippen LogP contribution in [0.1, 0.15) is 18.9 Å². The van der Waals surface area contributed by atoms with Gasteiger partial charge in [-0.1, -0.05) is 36.2 Å². The van der Waals surface area contributed by atoms with Gasteiger partial charge in [0.15, 0.2) is 22.9 Å². The molecule has 0 aliphatic rings. The van der Waals surface area contributed by atoms with Gasteiger partial charge in [-0.15, -0.1) is 10.2 Å². The van der Waals surface area contributed by atoms with Crippen molar-refractivity contribution < 1.29 is 9.47 Å². The average molecular weight is 359 g/mol. The smallest absolute Gasteiger partial charge is 0.172 e. The molecule has 0 bridgehead atoms. The van der Waals surface area contributed by atoms with Gasteiger partial charge in [0.2, 0.25) is 0 Å². The van der Waals surface area contributed by atoms with Crippen LogP contribution in [-0.2, 0) is 0 Å². The van der Waals surface area contributed by atoms with E-state index in [1.165, 1.54) is 5.56 Å². The van der Waals surface area contributed by atoms with Gasteiger partial charge >= 0.3 is 0 Å². The number of anilines is 2. The molecule has 2 aromatic carbocycles. The molecule has 1 N–H and O–H groups in total. The second kappa shape index (κ2) is 7.53. The molecule has 0 saturated heterocycles. The van der Waals surface area contributed by atoms with Crippen molar-refractivity contribution in [1.29, 1.82) is 0 Å². The average Bonchev–Trinajstić information content (AvgIpc) is 2.63. The second-order valence-electron chi connectivity index (χ2n) is 5.59. The van der Waals surface area contributed by atoms with Crippen molar-refractivity contribution in [3.63, 3.8) is 0 Å². The predicted molar refractivity (Wildman–Crippen MR) is 98.9 cm³/mol. The number of nitrogens with one attached hydrogen (secondary N) is 1. The minimum atomic E-state index is -0.439. The molecule has 0 radical (unpaired) electrons. The maximum atomic E-state index is 6.09. The molecule has 0 aliphatic carbocycles. The Labute approximate surface area is 151 Å². The van der Waals surface area contributed by atoms with Crippen LogP contribution in [-0.4, -0.2) is 28.1 Å². The van der Waals surface area contributed by atoms with E-state index in [-0.39, 0.29) is 0 Å². The van der Waals surface area contributed by atoms with Gasteiger partial charge in [0.25, 0.3) is 0 Å². The number of alkyl halides is 1. The lowest BCUT2D eigenvalue weighted by atomic mass is 10.2. The Hall–Kier alpha value is -2.60. The molecule has 3 aromatic rings. The number of aryl methyl sites for hydroxylation is 1. The van der Waals surface area contributed by atoms with E-state index in [1.807, 2.05) is 44.2 Å². The van der Waals surface area contributed by atoms with E-state index in [0.29, 0.717) is 29.3 Å². The first-order valence-corrected chi connectivity index (χ1v) is 8.40. The van der Waals surface area contributed by atoms with Crippen molar-refractivity contribution in [2.75, 3.05) is 12.4 Å². The molecule has 0 spiro atoms. The van der Waals surface area contributed by atoms with Crippen molar-refractivity contribution in [2.24, 2.45) is 0 Å². The lowest BCUT2D eigenvalue weighted by Gasteiger charge is -2.15. The fourth-order valence-electron chi connectivity index (χ4n) is 2.33. The Morgan fingerprint density at radius 1 is 1.12 bits per heavy atom. The summed E-state index contributed by atoms with van der Waals surface area (Å²) in [6, 6.07) is 11.6. The molecule has 1 aromatic heterocycles. The van der Waals surface area contributed by atoms with Crippen LogP contribution in [0.15, 0.2) is 36.4 Å². The number of nitrogens with zero attached hydrogens (tertiary/aromatic N) is 3. The van der Waals surface area contributed by atoms with Crippen molar-refractivity contribution in [2.45, 2.75) is 25.8 Å². The SMILES string of the molecule is CCC(Cl)Oc1cc2nnnc(Nc3ccc(C)cc3)c2cc1OC. The van der Waals surface area contributed by atoms with Crippen LogP contribution in [0.3, 0.4) is 0 Å². The standard InChI is InChI=1S/C18H19ClN4O2/c1-4-17(19)25-16-10-14-13(9-15(16)24-3)18(22-23-21-14)20-12-7-5-11(2)6-8-12/h5-10,17H,4H2,1-3H3,(H,20,21,22). The molecular formula is C18H19ClN4O2. The topological polar surface area (TPSA) is 69.2 Å². The van der Waals surface area contributed by atoms with Crippen LogP contribution in [0.5, 0.6) is 11.5 Å². The highest BCUT2D eigenvalue weighted by atomic mass is 35.5. The Bertz CT molecular complexity index is 871. The lowest BCUT2D eigenvalue weighted by molar-refractivity contribution is 0.261. The summed E-state index contributed by atoms with van der Waals surface area (Å²) >= 11 is 6.09. The van der Waals surface area contributed by atoms with Gasteiger partial charge in [0, 0.05) is 11.8 Å². The number of hydrogen-bond donors (Lipinski definition) is 1. The minimum Gasteiger partial charge on any atom is -0.493 e. The summed E-state index contributed by atoms with van der Waals surface area (Å²) in [5, 5.41) is 16.1. The predicted octanol–water partition coefficient (Wildman–Crippen LogP) is 4.44. The van der Waals surface area contributed by atoms with Gasteiger partial charge in [0.1, 0.15) is 5.52 Å². The first-order valence-electron chi connectivity index (χ1n) is 7.96. The van der Waals surface area contributed by atoms with E-state index < -0.39 is 5.56 Å². The van der Waals surface area contributed by atoms with E-state index in [9.17, 15) is 0 Å². The number of halogens is 1. The normalized spacial score (nSPS) is 12.0. The Balaban J connectivity index is 2.01. The molecule has 3 rings (SSSR count). The highest BCUT2D eigenvalue weighted by molar-refractivity contribution is 6.19. The number of fused-ring (bicyclic) bond motifs is 1. The number of aromatic nitrogens is 3. The van der Waals surface area contributed by atoms with Crippen LogP contribution in [0.2, 0.25) is 0 Å². The molecule has 25 heavy (non-hydrogen) atoms. The molecule has 1 atom stereocenters. The molecule has 0 aliphatic heterocycles. The number of hydrogen-bond acceptors (Lipinski definition) is 6. The van der Waals surface area contributed by atoms with Gasteiger partial charge in [-0.3, -0.25) is 0 Å². The van der Waals surface area contributed by atoms with Crippen molar-refractivity contribution in [1.82, 2.24) is 15.4 Å². The maximum absolute atomic E-state index is 6.09. The summed E-state index contributed by atoms with van der Waals surface area (Å²) in [5.74, 6) is 1.68. The monoisotopic (exact) mass is 358 g/mol. The highest BCUT2D eigenvalue weighted by Gasteiger charge is 2.14. The fourth-order valence-corrected chi connectivity index (χ4v) is 2.43. The molecule has 0 amide bonds. The van der Waals surface area contributed by atoms with Crippen LogP contribution >= 0.6 is 11.6 Å². The van der Waals surface area contributed by atoms with E-state index in [0.717, 1.165) is 11.1 Å². The summed E-state index contributed by atoms with van der Waals surface area (Å²) in [6.45, 7) is 3.98. The molecule has 1 heterocycles. The van der Waals surface area contributed by atoms with Crippen molar-refractivity contribution >= 4 is 34.0 Å². The summed E-state index contributed by atoms with van der Waals surface area (Å²) in [6.07, 6.45) is 0.672. The summed E-state index contributed by atoms with van der Waals surface area (Å²) < 4.78 is 11.1. The molecule has 0 saturated carbocycles. The van der Waals surface area contributed by atoms with Gasteiger partial charge in [0.05, 0.1) is 12.5 Å². The van der Waals surface area contributed by atoms with Crippen LogP contribution in [0.25, 0.3) is 10.9 Å². The first-order chi connectivity index (χ1) is 12.1. The van der Waals surface area contributed by atoms with E-state index in [4.69, 9.17) is 21.1 Å². The van der Waals surface area contributed by atoms with Gasteiger partial charge in [-0.05, 0) is 36.8 Å². The molecule has 1 unspecified atom stereocenters. The van der Waals surface area contributed by atoms with Crippen LogP contribution in [0, 0.1) is 6.92 Å². The summed E-state index contributed by atoms with van der Waals surface area (Å²) in [7, 11) is 1.58. The molecular weight excluding hydrogens is 340 g/mol. The zero-order valence-corrected chi connectivity index (χ0v) is 15.0. The van der Waals surface area contributed by atoms with E-state index in [1.54, 1.807) is 13.2 Å². The third-order valence-electron chi connectivity index (χ3n) is 3.72. The Morgan fingerprint density at radius 3 is 2.56 bits per heavy atom. The number of benzene rings is 2. The summed E-state index contributed by atoms with van der Waals surface area (Å²) in [5.41, 5.74) is 2.30. The van der Waals surface area contributed by atoms with Gasteiger partial charge in [-0.2, -0.15) is 0 Å². The zero-order valence-electron chi connectivity index (χ0n) is 14.3. The Kier molecular flexibility index (Phi) is 5.19. The van der Waals surface area contributed by atoms with Crippen molar-refractivity contribution in [3.8, 4) is 11.5 Å². The third kappa shape index (κ3) is 3.91. The van der Waals surface area contributed by atoms with Gasteiger partial charge < -0.3 is 14.8 Å². The lowest BCUT2D eigenvalue weighted by Crippen LogP contribution is -2.08. The maximum Gasteiger partial charge on any atom is 0.172 e. The molecule has 6 nitrogen and oxygen atoms in total. The summed E-state index contributed by atoms with van der Waals surface area (Å²) in [4.78, 5) is 0. The number of ether oxygens (including phenoxy) is 2. The molecule has 130 valence electrons. The molecule has 7 heteroatoms. The minimum absolute atomic E-state index is 0.439.